The number of carbonyl (C=O) groups excluding carboxylic acids is 1. The lowest BCUT2D eigenvalue weighted by molar-refractivity contribution is 0.0690. The zero-order valence-corrected chi connectivity index (χ0v) is 20.6. The molecule has 0 unspecified atom stereocenters. The second-order valence-corrected chi connectivity index (χ2v) is 10.0. The second kappa shape index (κ2) is 10.5. The first kappa shape index (κ1) is 25.0. The number of ether oxygens (including phenoxy) is 1. The fourth-order valence-corrected chi connectivity index (χ4v) is 4.44. The Balaban J connectivity index is 1.90. The number of nitrogens with zero attached hydrogens (tertiary/aromatic N) is 1. The van der Waals surface area contributed by atoms with Gasteiger partial charge in [0.2, 0.25) is 0 Å². The molecule has 176 valence electrons. The molecule has 1 heterocycles. The molecule has 3 rings (SSSR count). The number of hydrogen-bond donors (Lipinski definition) is 0. The van der Waals surface area contributed by atoms with Gasteiger partial charge < -0.3 is 18.2 Å². The fraction of sp³-hybridized carbons (Fsp3) is 0.261. The number of furan rings is 1. The predicted octanol–water partition coefficient (Wildman–Crippen LogP) is 5.66. The first-order valence-corrected chi connectivity index (χ1v) is 12.2. The molecule has 0 bridgehead atoms. The van der Waals surface area contributed by atoms with Gasteiger partial charge in [-0.15, -0.1) is 0 Å². The van der Waals surface area contributed by atoms with Gasteiger partial charge >= 0.3 is 10.1 Å². The molecule has 0 fully saturated rings. The van der Waals surface area contributed by atoms with Gasteiger partial charge in [0.1, 0.15) is 4.90 Å². The first-order valence-electron chi connectivity index (χ1n) is 10.00. The van der Waals surface area contributed by atoms with E-state index in [1.54, 1.807) is 29.2 Å². The molecule has 0 aliphatic rings. The van der Waals surface area contributed by atoms with Crippen LogP contribution < -0.4 is 8.92 Å². The van der Waals surface area contributed by atoms with Crippen molar-refractivity contribution in [1.29, 1.82) is 0 Å². The van der Waals surface area contributed by atoms with Crippen LogP contribution in [0, 0.1) is 5.92 Å². The molecule has 1 amide bonds. The van der Waals surface area contributed by atoms with Crippen LogP contribution in [0.25, 0.3) is 0 Å². The number of amides is 1. The summed E-state index contributed by atoms with van der Waals surface area (Å²) >= 11 is 11.8. The summed E-state index contributed by atoms with van der Waals surface area (Å²) in [5.41, 5.74) is 0.649. The highest BCUT2D eigenvalue weighted by molar-refractivity contribution is 7.87. The maximum atomic E-state index is 12.9. The Labute approximate surface area is 202 Å². The van der Waals surface area contributed by atoms with E-state index in [1.165, 1.54) is 37.6 Å². The van der Waals surface area contributed by atoms with Crippen LogP contribution in [0.5, 0.6) is 11.5 Å². The molecular weight excluding hydrogens is 489 g/mol. The molecule has 0 aliphatic heterocycles. The summed E-state index contributed by atoms with van der Waals surface area (Å²) in [6.45, 7) is 4.68. The quantitative estimate of drug-likeness (QED) is 0.344. The van der Waals surface area contributed by atoms with Gasteiger partial charge in [-0.3, -0.25) is 4.79 Å². The molecule has 2 aromatic carbocycles. The van der Waals surface area contributed by atoms with E-state index in [4.69, 9.17) is 36.5 Å². The minimum atomic E-state index is -4.22. The Kier molecular flexibility index (Phi) is 7.94. The zero-order chi connectivity index (χ0) is 24.2. The van der Waals surface area contributed by atoms with Gasteiger partial charge in [-0.05, 0) is 53.9 Å². The van der Waals surface area contributed by atoms with Gasteiger partial charge in [0.05, 0.1) is 23.4 Å². The van der Waals surface area contributed by atoms with Crippen molar-refractivity contribution in [2.45, 2.75) is 25.3 Å². The molecule has 3 aromatic rings. The Morgan fingerprint density at radius 2 is 1.82 bits per heavy atom. The molecule has 0 aliphatic carbocycles. The highest BCUT2D eigenvalue weighted by atomic mass is 35.5. The monoisotopic (exact) mass is 511 g/mol. The van der Waals surface area contributed by atoms with Crippen LogP contribution >= 0.6 is 23.2 Å². The lowest BCUT2D eigenvalue weighted by Gasteiger charge is -2.24. The zero-order valence-electron chi connectivity index (χ0n) is 18.2. The minimum absolute atomic E-state index is 0.0176. The maximum Gasteiger partial charge on any atom is 0.339 e. The Morgan fingerprint density at radius 3 is 2.42 bits per heavy atom. The standard InChI is InChI=1S/C23H23Cl2NO6S/c1-15(2)13-26(23(27)21-5-4-10-31-21)14-16-6-9-20(30-3)22(11-16)32-33(28,29)17-7-8-18(24)19(25)12-17/h4-12,15H,13-14H2,1-3H3. The van der Waals surface area contributed by atoms with Crippen molar-refractivity contribution in [3.05, 3.63) is 76.2 Å². The average molecular weight is 512 g/mol. The van der Waals surface area contributed by atoms with Gasteiger partial charge in [-0.2, -0.15) is 8.42 Å². The summed E-state index contributed by atoms with van der Waals surface area (Å²) in [4.78, 5) is 14.4. The van der Waals surface area contributed by atoms with Gasteiger partial charge in [-0.25, -0.2) is 0 Å². The highest BCUT2D eigenvalue weighted by Crippen LogP contribution is 2.33. The van der Waals surface area contributed by atoms with Crippen LogP contribution in [0.2, 0.25) is 10.0 Å². The SMILES string of the molecule is COc1ccc(CN(CC(C)C)C(=O)c2ccco2)cc1OS(=O)(=O)c1ccc(Cl)c(Cl)c1. The second-order valence-electron chi connectivity index (χ2n) is 7.66. The summed E-state index contributed by atoms with van der Waals surface area (Å²) in [5.74, 6) is 0.359. The molecule has 0 radical (unpaired) electrons. The molecule has 0 saturated heterocycles. The van der Waals surface area contributed by atoms with Gasteiger partial charge in [0.15, 0.2) is 17.3 Å². The van der Waals surface area contributed by atoms with E-state index in [0.717, 1.165) is 0 Å². The van der Waals surface area contributed by atoms with E-state index >= 15 is 0 Å². The van der Waals surface area contributed by atoms with Crippen molar-refractivity contribution in [3.63, 3.8) is 0 Å². The largest absolute Gasteiger partial charge is 0.493 e. The summed E-state index contributed by atoms with van der Waals surface area (Å²) in [7, 11) is -2.82. The van der Waals surface area contributed by atoms with Crippen molar-refractivity contribution in [2.75, 3.05) is 13.7 Å². The molecule has 0 spiro atoms. The molecule has 7 nitrogen and oxygen atoms in total. The van der Waals surface area contributed by atoms with Crippen molar-refractivity contribution in [1.82, 2.24) is 4.90 Å². The van der Waals surface area contributed by atoms with Crippen LogP contribution in [0.1, 0.15) is 30.0 Å². The van der Waals surface area contributed by atoms with Crippen molar-refractivity contribution >= 4 is 39.2 Å². The molecule has 10 heteroatoms. The molecule has 1 aromatic heterocycles. The minimum Gasteiger partial charge on any atom is -0.493 e. The van der Waals surface area contributed by atoms with E-state index in [9.17, 15) is 13.2 Å². The highest BCUT2D eigenvalue weighted by Gasteiger charge is 2.23. The topological polar surface area (TPSA) is 86.0 Å². The molecule has 33 heavy (non-hydrogen) atoms. The molecule has 0 atom stereocenters. The molecule has 0 N–H and O–H groups in total. The third kappa shape index (κ3) is 6.22. The van der Waals surface area contributed by atoms with Crippen LogP contribution in [0.3, 0.4) is 0 Å². The summed E-state index contributed by atoms with van der Waals surface area (Å²) in [6, 6.07) is 12.0. The number of rotatable bonds is 9. The Bertz CT molecular complexity index is 1230. The summed E-state index contributed by atoms with van der Waals surface area (Å²) < 4.78 is 41.5. The average Bonchev–Trinajstić information content (AvgIpc) is 3.29. The first-order chi connectivity index (χ1) is 15.6. The van der Waals surface area contributed by atoms with Crippen LogP contribution in [0.15, 0.2) is 64.1 Å². The normalized spacial score (nSPS) is 11.5. The Morgan fingerprint density at radius 1 is 1.06 bits per heavy atom. The number of benzene rings is 2. The van der Waals surface area contributed by atoms with E-state index in [2.05, 4.69) is 0 Å². The third-order valence-corrected chi connectivity index (χ3v) is 6.55. The van der Waals surface area contributed by atoms with Crippen LogP contribution in [-0.4, -0.2) is 32.9 Å². The van der Waals surface area contributed by atoms with E-state index in [1.807, 2.05) is 13.8 Å². The van der Waals surface area contributed by atoms with E-state index < -0.39 is 10.1 Å². The smallest absolute Gasteiger partial charge is 0.339 e. The number of halogens is 2. The van der Waals surface area contributed by atoms with Gasteiger partial charge in [0, 0.05) is 13.1 Å². The summed E-state index contributed by atoms with van der Waals surface area (Å²) in [6.07, 6.45) is 1.44. The van der Waals surface area contributed by atoms with Crippen molar-refractivity contribution in [2.24, 2.45) is 5.92 Å². The van der Waals surface area contributed by atoms with E-state index in [0.29, 0.717) is 12.1 Å². The number of hydrogen-bond acceptors (Lipinski definition) is 6. The van der Waals surface area contributed by atoms with Crippen LogP contribution in [-0.2, 0) is 16.7 Å². The lowest BCUT2D eigenvalue weighted by Crippen LogP contribution is -2.33. The fourth-order valence-electron chi connectivity index (χ4n) is 3.12. The van der Waals surface area contributed by atoms with Crippen LogP contribution in [0.4, 0.5) is 0 Å². The maximum absolute atomic E-state index is 12.9. The van der Waals surface area contributed by atoms with E-state index in [-0.39, 0.29) is 50.6 Å². The van der Waals surface area contributed by atoms with Crippen molar-refractivity contribution < 1.29 is 26.5 Å². The lowest BCUT2D eigenvalue weighted by atomic mass is 10.1. The third-order valence-electron chi connectivity index (χ3n) is 4.59. The van der Waals surface area contributed by atoms with Crippen molar-refractivity contribution in [3.8, 4) is 11.5 Å². The van der Waals surface area contributed by atoms with Gasteiger partial charge in [-0.1, -0.05) is 43.1 Å². The summed E-state index contributed by atoms with van der Waals surface area (Å²) in [5, 5.41) is 0.310. The Hall–Kier alpha value is -2.68. The molecular formula is C23H23Cl2NO6S. The van der Waals surface area contributed by atoms with Gasteiger partial charge in [0.25, 0.3) is 5.91 Å². The molecule has 0 saturated carbocycles. The number of methoxy groups -OCH3 is 1. The predicted molar refractivity (Wildman–Crippen MR) is 126 cm³/mol. The number of carbonyl (C=O) groups is 1.